The molecule has 1 fully saturated rings. The Bertz CT molecular complexity index is 419. The first kappa shape index (κ1) is 14.1. The predicted molar refractivity (Wildman–Crippen MR) is 72.1 cm³/mol. The Morgan fingerprint density at radius 2 is 2.11 bits per heavy atom. The second-order valence-electron chi connectivity index (χ2n) is 5.15. The largest absolute Gasteiger partial charge is 0.460 e. The van der Waals surface area contributed by atoms with E-state index in [1.807, 2.05) is 6.92 Å². The lowest BCUT2D eigenvalue weighted by Gasteiger charge is -2.05. The van der Waals surface area contributed by atoms with Gasteiger partial charge in [-0.05, 0) is 25.7 Å². The van der Waals surface area contributed by atoms with Crippen molar-refractivity contribution in [1.29, 1.82) is 0 Å². The predicted octanol–water partition coefficient (Wildman–Crippen LogP) is 3.54. The summed E-state index contributed by atoms with van der Waals surface area (Å²) >= 11 is 0. The van der Waals surface area contributed by atoms with Crippen molar-refractivity contribution in [1.82, 2.24) is 4.98 Å². The van der Waals surface area contributed by atoms with Gasteiger partial charge in [-0.1, -0.05) is 32.6 Å². The molecule has 4 nitrogen and oxygen atoms in total. The summed E-state index contributed by atoms with van der Waals surface area (Å²) in [6.07, 6.45) is 8.00. The fourth-order valence-electron chi connectivity index (χ4n) is 2.73. The van der Waals surface area contributed by atoms with E-state index in [2.05, 4.69) is 4.98 Å². The van der Waals surface area contributed by atoms with Crippen molar-refractivity contribution >= 4 is 5.97 Å². The highest BCUT2D eigenvalue weighted by Crippen LogP contribution is 2.29. The Balaban J connectivity index is 1.98. The zero-order valence-electron chi connectivity index (χ0n) is 11.9. The molecule has 1 aromatic rings. The lowest BCUT2D eigenvalue weighted by Crippen LogP contribution is -2.05. The molecule has 106 valence electrons. The van der Waals surface area contributed by atoms with Crippen LogP contribution in [0.3, 0.4) is 0 Å². The third-order valence-corrected chi connectivity index (χ3v) is 3.78. The highest BCUT2D eigenvalue weighted by atomic mass is 16.5. The molecular formula is C15H23NO3. The Hall–Kier alpha value is -1.32. The molecule has 1 aromatic heterocycles. The number of aromatic nitrogens is 1. The van der Waals surface area contributed by atoms with Crippen LogP contribution in [0.1, 0.15) is 68.1 Å². The molecule has 0 saturated heterocycles. The van der Waals surface area contributed by atoms with Gasteiger partial charge in [-0.25, -0.2) is 9.78 Å². The number of hydrogen-bond donors (Lipinski definition) is 0. The third-order valence-electron chi connectivity index (χ3n) is 3.78. The molecule has 0 atom stereocenters. The standard InChI is InChI=1S/C15H23NO3/c1-3-12-14(15(17)18-4-2)19-13(16-12)10-9-11-7-5-6-8-11/h11H,3-10H2,1-2H3. The number of hydrogen-bond acceptors (Lipinski definition) is 4. The number of aryl methyl sites for hydroxylation is 2. The maximum atomic E-state index is 11.7. The SMILES string of the molecule is CCOC(=O)c1oc(CCC2CCCC2)nc1CC. The van der Waals surface area contributed by atoms with E-state index in [1.165, 1.54) is 25.7 Å². The third kappa shape index (κ3) is 3.58. The van der Waals surface area contributed by atoms with Crippen molar-refractivity contribution in [2.45, 2.75) is 58.8 Å². The van der Waals surface area contributed by atoms with Crippen molar-refractivity contribution in [3.05, 3.63) is 17.3 Å². The van der Waals surface area contributed by atoms with Gasteiger partial charge in [-0.2, -0.15) is 0 Å². The molecule has 0 bridgehead atoms. The van der Waals surface area contributed by atoms with Crippen LogP contribution in [-0.2, 0) is 17.6 Å². The minimum atomic E-state index is -0.390. The second-order valence-corrected chi connectivity index (χ2v) is 5.15. The first-order valence-corrected chi connectivity index (χ1v) is 7.40. The van der Waals surface area contributed by atoms with E-state index < -0.39 is 0 Å². The Labute approximate surface area is 114 Å². The van der Waals surface area contributed by atoms with Crippen molar-refractivity contribution in [3.63, 3.8) is 0 Å². The van der Waals surface area contributed by atoms with Gasteiger partial charge >= 0.3 is 5.97 Å². The molecule has 2 rings (SSSR count). The first-order chi connectivity index (χ1) is 9.24. The van der Waals surface area contributed by atoms with E-state index in [0.717, 1.165) is 24.5 Å². The van der Waals surface area contributed by atoms with Gasteiger partial charge in [0.1, 0.15) is 0 Å². The minimum Gasteiger partial charge on any atom is -0.460 e. The molecule has 1 aliphatic carbocycles. The van der Waals surface area contributed by atoms with Crippen LogP contribution in [0.2, 0.25) is 0 Å². The molecule has 0 unspecified atom stereocenters. The van der Waals surface area contributed by atoms with E-state index in [9.17, 15) is 4.79 Å². The minimum absolute atomic E-state index is 0.297. The Morgan fingerprint density at radius 3 is 2.74 bits per heavy atom. The molecule has 0 amide bonds. The summed E-state index contributed by atoms with van der Waals surface area (Å²) < 4.78 is 10.6. The number of esters is 1. The van der Waals surface area contributed by atoms with Crippen molar-refractivity contribution in [2.24, 2.45) is 5.92 Å². The maximum absolute atomic E-state index is 11.7. The molecule has 1 saturated carbocycles. The molecule has 0 N–H and O–H groups in total. The number of rotatable bonds is 6. The van der Waals surface area contributed by atoms with Crippen LogP contribution < -0.4 is 0 Å². The monoisotopic (exact) mass is 265 g/mol. The summed E-state index contributed by atoms with van der Waals surface area (Å²) in [4.78, 5) is 16.2. The second kappa shape index (κ2) is 6.73. The van der Waals surface area contributed by atoms with Crippen molar-refractivity contribution in [3.8, 4) is 0 Å². The van der Waals surface area contributed by atoms with Gasteiger partial charge < -0.3 is 9.15 Å². The summed E-state index contributed by atoms with van der Waals surface area (Å²) in [7, 11) is 0. The summed E-state index contributed by atoms with van der Waals surface area (Å²) in [5.41, 5.74) is 0.722. The first-order valence-electron chi connectivity index (χ1n) is 7.40. The van der Waals surface area contributed by atoms with Crippen LogP contribution in [-0.4, -0.2) is 17.6 Å². The normalized spacial score (nSPS) is 15.9. The van der Waals surface area contributed by atoms with Crippen LogP contribution >= 0.6 is 0 Å². The molecule has 0 radical (unpaired) electrons. The van der Waals surface area contributed by atoms with Crippen LogP contribution in [0.25, 0.3) is 0 Å². The quantitative estimate of drug-likeness (QED) is 0.738. The molecule has 1 aliphatic rings. The van der Waals surface area contributed by atoms with Crippen LogP contribution in [0.4, 0.5) is 0 Å². The van der Waals surface area contributed by atoms with Crippen molar-refractivity contribution < 1.29 is 13.9 Å². The van der Waals surface area contributed by atoms with Gasteiger partial charge in [0, 0.05) is 6.42 Å². The number of carbonyl (C=O) groups is 1. The average molecular weight is 265 g/mol. The maximum Gasteiger partial charge on any atom is 0.376 e. The van der Waals surface area contributed by atoms with Crippen LogP contribution in [0, 0.1) is 5.92 Å². The molecule has 1 heterocycles. The van der Waals surface area contributed by atoms with E-state index in [-0.39, 0.29) is 5.97 Å². The molecule has 0 spiro atoms. The summed E-state index contributed by atoms with van der Waals surface area (Å²) in [6, 6.07) is 0. The van der Waals surface area contributed by atoms with Crippen LogP contribution in [0.5, 0.6) is 0 Å². The smallest absolute Gasteiger partial charge is 0.376 e. The molecular weight excluding hydrogens is 242 g/mol. The van der Waals surface area contributed by atoms with Gasteiger partial charge in [0.2, 0.25) is 5.76 Å². The summed E-state index contributed by atoms with van der Waals surface area (Å²) in [5.74, 6) is 1.40. The zero-order valence-corrected chi connectivity index (χ0v) is 11.9. The fourth-order valence-corrected chi connectivity index (χ4v) is 2.73. The average Bonchev–Trinajstić information content (AvgIpc) is 3.05. The molecule has 19 heavy (non-hydrogen) atoms. The Morgan fingerprint density at radius 1 is 1.37 bits per heavy atom. The van der Waals surface area contributed by atoms with Gasteiger partial charge in [0.25, 0.3) is 0 Å². The number of carbonyl (C=O) groups excluding carboxylic acids is 1. The number of nitrogens with zero attached hydrogens (tertiary/aromatic N) is 1. The highest BCUT2D eigenvalue weighted by Gasteiger charge is 2.21. The summed E-state index contributed by atoms with van der Waals surface area (Å²) in [6.45, 7) is 4.13. The number of ether oxygens (including phenoxy) is 1. The molecule has 0 aromatic carbocycles. The van der Waals surface area contributed by atoms with Gasteiger partial charge in [0.15, 0.2) is 5.89 Å². The van der Waals surface area contributed by atoms with E-state index in [4.69, 9.17) is 9.15 Å². The van der Waals surface area contributed by atoms with Crippen LogP contribution in [0.15, 0.2) is 4.42 Å². The highest BCUT2D eigenvalue weighted by molar-refractivity contribution is 5.87. The van der Waals surface area contributed by atoms with Gasteiger partial charge in [-0.3, -0.25) is 0 Å². The lowest BCUT2D eigenvalue weighted by atomic mass is 10.0. The van der Waals surface area contributed by atoms with E-state index >= 15 is 0 Å². The fraction of sp³-hybridized carbons (Fsp3) is 0.733. The van der Waals surface area contributed by atoms with Gasteiger partial charge in [0.05, 0.1) is 12.3 Å². The van der Waals surface area contributed by atoms with E-state index in [1.54, 1.807) is 6.92 Å². The molecule has 4 heteroatoms. The van der Waals surface area contributed by atoms with Crippen molar-refractivity contribution in [2.75, 3.05) is 6.61 Å². The molecule has 0 aliphatic heterocycles. The topological polar surface area (TPSA) is 52.3 Å². The number of oxazole rings is 1. The van der Waals surface area contributed by atoms with E-state index in [0.29, 0.717) is 24.7 Å². The Kier molecular flexibility index (Phi) is 5.00. The zero-order chi connectivity index (χ0) is 13.7. The summed E-state index contributed by atoms with van der Waals surface area (Å²) in [5, 5.41) is 0. The van der Waals surface area contributed by atoms with Gasteiger partial charge in [-0.15, -0.1) is 0 Å². The lowest BCUT2D eigenvalue weighted by molar-refractivity contribution is 0.0486.